The van der Waals surface area contributed by atoms with E-state index in [0.717, 1.165) is 44.1 Å². The summed E-state index contributed by atoms with van der Waals surface area (Å²) in [6, 6.07) is 20.2. The number of carbonyl (C=O) groups excluding carboxylic acids is 2. The largest absolute Gasteiger partial charge is 0.494 e. The molecule has 3 aromatic carbocycles. The van der Waals surface area contributed by atoms with E-state index in [1.807, 2.05) is 49.4 Å². The fraction of sp³-hybridized carbons (Fsp3) is 0.542. The Labute approximate surface area is 331 Å². The first-order valence-corrected chi connectivity index (χ1v) is 21.3. The number of esters is 2. The topological polar surface area (TPSA) is 91.3 Å². The fourth-order valence-corrected chi connectivity index (χ4v) is 6.49. The summed E-state index contributed by atoms with van der Waals surface area (Å²) in [5.74, 6) is 1.20. The van der Waals surface area contributed by atoms with Crippen LogP contribution < -0.4 is 18.9 Å². The second-order valence-electron chi connectivity index (χ2n) is 14.5. The van der Waals surface area contributed by atoms with E-state index >= 15 is 0 Å². The molecule has 0 aliphatic carbocycles. The highest BCUT2D eigenvalue weighted by molar-refractivity contribution is 5.75. The third kappa shape index (κ3) is 19.4. The maximum Gasteiger partial charge on any atom is 0.311 e. The van der Waals surface area contributed by atoms with E-state index in [2.05, 4.69) is 13.8 Å². The number of ether oxygens (including phenoxy) is 4. The molecule has 0 spiro atoms. The summed E-state index contributed by atoms with van der Waals surface area (Å²) in [5.41, 5.74) is 2.12. The van der Waals surface area contributed by atoms with Crippen molar-refractivity contribution in [2.75, 3.05) is 6.61 Å². The summed E-state index contributed by atoms with van der Waals surface area (Å²) < 4.78 is 23.5. The summed E-state index contributed by atoms with van der Waals surface area (Å²) in [6.45, 7) is 7.12. The highest BCUT2D eigenvalue weighted by Gasteiger charge is 2.16. The van der Waals surface area contributed by atoms with E-state index in [0.29, 0.717) is 53.6 Å². The number of benzene rings is 3. The Kier molecular flexibility index (Phi) is 23.3. The van der Waals surface area contributed by atoms with Crippen LogP contribution in [-0.2, 0) is 16.2 Å². The SMILES string of the molecule is CCCCCCCCCCCC(=O)Oc1ccc(C(O)C=Cc2ccc(OCC)cc2OC(=O)CCCCCCCCCCC)c(OCc2ccccc2)c1. The zero-order valence-corrected chi connectivity index (χ0v) is 34.0. The lowest BCUT2D eigenvalue weighted by Crippen LogP contribution is -2.09. The number of carbonyl (C=O) groups is 2. The van der Waals surface area contributed by atoms with Gasteiger partial charge in [-0.3, -0.25) is 9.59 Å². The van der Waals surface area contributed by atoms with Crippen LogP contribution in [0.15, 0.2) is 72.8 Å². The van der Waals surface area contributed by atoms with Crippen molar-refractivity contribution in [3.8, 4) is 23.0 Å². The fourth-order valence-electron chi connectivity index (χ4n) is 6.49. The molecule has 3 rings (SSSR count). The molecule has 7 heteroatoms. The van der Waals surface area contributed by atoms with Gasteiger partial charge in [0.05, 0.1) is 6.61 Å². The van der Waals surface area contributed by atoms with Crippen molar-refractivity contribution in [2.24, 2.45) is 0 Å². The lowest BCUT2D eigenvalue weighted by Gasteiger charge is -2.16. The molecule has 0 bridgehead atoms. The maximum atomic E-state index is 12.9. The normalized spacial score (nSPS) is 11.8. The summed E-state index contributed by atoms with van der Waals surface area (Å²) in [4.78, 5) is 25.6. The standard InChI is InChI=1S/C48H68O7/c1-4-7-9-11-13-15-17-19-24-28-47(50)54-42-33-34-43(46(37-42)53-38-39-26-22-21-23-27-39)44(49)35-31-40-30-32-41(52-6-3)36-45(40)55-48(51)29-25-20-18-16-14-12-10-8-5-2/h21-23,26-27,30-37,44,49H,4-20,24-25,28-29,38H2,1-3H3. The lowest BCUT2D eigenvalue weighted by atomic mass is 10.1. The number of hydrogen-bond acceptors (Lipinski definition) is 7. The molecule has 0 aliphatic heterocycles. The first kappa shape index (κ1) is 45.3. The van der Waals surface area contributed by atoms with Crippen LogP contribution in [0, 0.1) is 0 Å². The molecule has 0 amide bonds. The minimum Gasteiger partial charge on any atom is -0.494 e. The van der Waals surface area contributed by atoms with Crippen LogP contribution in [0.3, 0.4) is 0 Å². The quantitative estimate of drug-likeness (QED) is 0.0411. The smallest absolute Gasteiger partial charge is 0.311 e. The number of rotatable bonds is 30. The van der Waals surface area contributed by atoms with E-state index in [4.69, 9.17) is 18.9 Å². The van der Waals surface area contributed by atoms with Gasteiger partial charge in [0, 0.05) is 36.1 Å². The Bertz CT molecular complexity index is 1520. The predicted octanol–water partition coefficient (Wildman–Crippen LogP) is 13.1. The minimum atomic E-state index is -1.06. The monoisotopic (exact) mass is 756 g/mol. The Balaban J connectivity index is 1.64. The molecule has 302 valence electrons. The predicted molar refractivity (Wildman–Crippen MR) is 224 cm³/mol. The average molecular weight is 757 g/mol. The van der Waals surface area contributed by atoms with Crippen LogP contribution in [0.5, 0.6) is 23.0 Å². The maximum absolute atomic E-state index is 12.9. The Morgan fingerprint density at radius 1 is 0.582 bits per heavy atom. The molecule has 1 unspecified atom stereocenters. The molecule has 0 fully saturated rings. The molecular weight excluding hydrogens is 689 g/mol. The summed E-state index contributed by atoms with van der Waals surface area (Å²) >= 11 is 0. The van der Waals surface area contributed by atoms with Gasteiger partial charge in [0.25, 0.3) is 0 Å². The number of aliphatic hydroxyl groups is 1. The van der Waals surface area contributed by atoms with Crippen molar-refractivity contribution in [3.05, 3.63) is 89.5 Å². The average Bonchev–Trinajstić information content (AvgIpc) is 3.19. The van der Waals surface area contributed by atoms with Crippen molar-refractivity contribution >= 4 is 18.0 Å². The van der Waals surface area contributed by atoms with Crippen LogP contribution in [0.2, 0.25) is 0 Å². The first-order chi connectivity index (χ1) is 26.9. The van der Waals surface area contributed by atoms with Crippen molar-refractivity contribution in [3.63, 3.8) is 0 Å². The van der Waals surface area contributed by atoms with Gasteiger partial charge in [-0.25, -0.2) is 0 Å². The molecule has 0 heterocycles. The van der Waals surface area contributed by atoms with E-state index < -0.39 is 6.10 Å². The second-order valence-corrected chi connectivity index (χ2v) is 14.5. The van der Waals surface area contributed by atoms with Crippen molar-refractivity contribution in [2.45, 2.75) is 162 Å². The molecule has 0 aromatic heterocycles. The summed E-state index contributed by atoms with van der Waals surface area (Å²) in [5, 5.41) is 11.4. The third-order valence-electron chi connectivity index (χ3n) is 9.72. The van der Waals surface area contributed by atoms with E-state index in [-0.39, 0.29) is 18.5 Å². The summed E-state index contributed by atoms with van der Waals surface area (Å²) in [6.07, 6.45) is 24.2. The van der Waals surface area contributed by atoms with E-state index in [1.54, 1.807) is 36.4 Å². The van der Waals surface area contributed by atoms with Gasteiger partial charge < -0.3 is 24.1 Å². The lowest BCUT2D eigenvalue weighted by molar-refractivity contribution is -0.135. The van der Waals surface area contributed by atoms with Crippen LogP contribution in [0.1, 0.15) is 172 Å². The van der Waals surface area contributed by atoms with Gasteiger partial charge in [-0.1, -0.05) is 159 Å². The first-order valence-electron chi connectivity index (χ1n) is 21.3. The van der Waals surface area contributed by atoms with Gasteiger partial charge in [0.2, 0.25) is 0 Å². The van der Waals surface area contributed by atoms with Gasteiger partial charge in [0.15, 0.2) is 0 Å². The van der Waals surface area contributed by atoms with Gasteiger partial charge in [-0.2, -0.15) is 0 Å². The number of hydrogen-bond donors (Lipinski definition) is 1. The van der Waals surface area contributed by atoms with Gasteiger partial charge >= 0.3 is 11.9 Å². The molecule has 3 aromatic rings. The highest BCUT2D eigenvalue weighted by atomic mass is 16.5. The molecule has 55 heavy (non-hydrogen) atoms. The molecule has 1 atom stereocenters. The molecule has 7 nitrogen and oxygen atoms in total. The molecule has 0 aliphatic rings. The Morgan fingerprint density at radius 3 is 1.69 bits per heavy atom. The summed E-state index contributed by atoms with van der Waals surface area (Å²) in [7, 11) is 0. The zero-order chi connectivity index (χ0) is 39.4. The van der Waals surface area contributed by atoms with Gasteiger partial charge in [0.1, 0.15) is 35.7 Å². The highest BCUT2D eigenvalue weighted by Crippen LogP contribution is 2.33. The second kappa shape index (κ2) is 28.3. The zero-order valence-electron chi connectivity index (χ0n) is 34.0. The number of unbranched alkanes of at least 4 members (excludes halogenated alkanes) is 16. The van der Waals surface area contributed by atoms with Crippen molar-refractivity contribution < 1.29 is 33.6 Å². The minimum absolute atomic E-state index is 0.276. The van der Waals surface area contributed by atoms with Gasteiger partial charge in [-0.05, 0) is 49.6 Å². The Hall–Kier alpha value is -4.10. The van der Waals surface area contributed by atoms with Crippen LogP contribution in [0.25, 0.3) is 6.08 Å². The molecule has 0 saturated carbocycles. The van der Waals surface area contributed by atoms with Crippen LogP contribution in [-0.4, -0.2) is 23.7 Å². The third-order valence-corrected chi connectivity index (χ3v) is 9.72. The Morgan fingerprint density at radius 2 is 1.11 bits per heavy atom. The number of aliphatic hydroxyl groups excluding tert-OH is 1. The molecule has 0 saturated heterocycles. The van der Waals surface area contributed by atoms with E-state index in [1.165, 1.54) is 77.0 Å². The van der Waals surface area contributed by atoms with Crippen LogP contribution in [0.4, 0.5) is 0 Å². The van der Waals surface area contributed by atoms with E-state index in [9.17, 15) is 14.7 Å². The van der Waals surface area contributed by atoms with Crippen molar-refractivity contribution in [1.82, 2.24) is 0 Å². The molecular formula is C48H68O7. The van der Waals surface area contributed by atoms with Crippen molar-refractivity contribution in [1.29, 1.82) is 0 Å². The van der Waals surface area contributed by atoms with Crippen LogP contribution >= 0.6 is 0 Å². The van der Waals surface area contributed by atoms with Gasteiger partial charge in [-0.15, -0.1) is 0 Å². The molecule has 1 N–H and O–H groups in total. The molecule has 0 radical (unpaired) electrons.